The number of methoxy groups -OCH3 is 2. The van der Waals surface area contributed by atoms with E-state index < -0.39 is 7.82 Å². The van der Waals surface area contributed by atoms with Gasteiger partial charge in [-0.3, -0.25) is 18.4 Å². The number of carbonyl (C=O) groups is 1. The summed E-state index contributed by atoms with van der Waals surface area (Å²) in [6.45, 7) is 0.0349. The number of phosphoric acid groups is 1. The topological polar surface area (TPSA) is 106 Å². The molecule has 0 fully saturated rings. The number of ether oxygens (including phenoxy) is 2. The molecule has 35 heavy (non-hydrogen) atoms. The molecule has 1 aromatic heterocycles. The van der Waals surface area contributed by atoms with Crippen LogP contribution in [0.15, 0.2) is 60.7 Å². The molecule has 9 nitrogen and oxygen atoms in total. The van der Waals surface area contributed by atoms with E-state index in [0.717, 1.165) is 11.1 Å². The molecular weight excluding hydrogens is 495 g/mol. The first kappa shape index (κ1) is 26.8. The van der Waals surface area contributed by atoms with E-state index in [2.05, 4.69) is 9.97 Å². The molecule has 0 spiro atoms. The van der Waals surface area contributed by atoms with Gasteiger partial charge in [-0.25, -0.2) is 4.57 Å². The van der Waals surface area contributed by atoms with E-state index in [1.165, 1.54) is 14.2 Å². The number of hydrogen-bond donors (Lipinski definition) is 0. The molecular formula is C24H26ClN2O7P. The third-order valence-electron chi connectivity index (χ3n) is 4.73. The summed E-state index contributed by atoms with van der Waals surface area (Å²) in [6.07, 6.45) is 0.237. The molecule has 0 unspecified atom stereocenters. The van der Waals surface area contributed by atoms with Crippen molar-refractivity contribution >= 4 is 25.2 Å². The van der Waals surface area contributed by atoms with Crippen molar-refractivity contribution in [3.8, 4) is 11.9 Å². The monoisotopic (exact) mass is 520 g/mol. The lowest BCUT2D eigenvalue weighted by Crippen LogP contribution is -2.09. The summed E-state index contributed by atoms with van der Waals surface area (Å²) < 4.78 is 40.0. The molecule has 0 radical (unpaired) electrons. The van der Waals surface area contributed by atoms with Crippen molar-refractivity contribution < 1.29 is 32.4 Å². The second-order valence-electron chi connectivity index (χ2n) is 7.21. The molecule has 11 heteroatoms. The van der Waals surface area contributed by atoms with Crippen LogP contribution in [0.4, 0.5) is 0 Å². The molecule has 1 heterocycles. The first-order valence-electron chi connectivity index (χ1n) is 10.7. The molecule has 0 atom stereocenters. The summed E-state index contributed by atoms with van der Waals surface area (Å²) >= 11 is 6.12. The Morgan fingerprint density at radius 3 is 1.94 bits per heavy atom. The second kappa shape index (κ2) is 13.3. The van der Waals surface area contributed by atoms with Crippen molar-refractivity contribution in [3.63, 3.8) is 0 Å². The molecule has 0 aliphatic heterocycles. The molecule has 0 N–H and O–H groups in total. The number of carbonyl (C=O) groups excluding carboxylic acids is 1. The molecule has 0 bridgehead atoms. The highest BCUT2D eigenvalue weighted by Gasteiger charge is 2.28. The number of benzene rings is 2. The maximum Gasteiger partial charge on any atom is 0.475 e. The smallest absolute Gasteiger partial charge is 0.475 e. The van der Waals surface area contributed by atoms with Crippen LogP contribution in [0.2, 0.25) is 5.15 Å². The first-order valence-corrected chi connectivity index (χ1v) is 12.6. The van der Waals surface area contributed by atoms with Crippen LogP contribution in [-0.2, 0) is 31.4 Å². The van der Waals surface area contributed by atoms with Crippen molar-refractivity contribution in [1.29, 1.82) is 0 Å². The largest absolute Gasteiger partial charge is 0.480 e. The summed E-state index contributed by atoms with van der Waals surface area (Å²) in [5.41, 5.74) is 1.67. The number of Topliss-reactive ketones (excluding diaryl/α,β-unsaturated/α-hetero) is 1. The van der Waals surface area contributed by atoms with Crippen LogP contribution in [0.5, 0.6) is 11.9 Å². The number of nitrogens with zero attached hydrogens (tertiary/aromatic N) is 2. The van der Waals surface area contributed by atoms with Gasteiger partial charge < -0.3 is 9.47 Å². The Balaban J connectivity index is 1.60. The van der Waals surface area contributed by atoms with Gasteiger partial charge in [-0.1, -0.05) is 72.3 Å². The summed E-state index contributed by atoms with van der Waals surface area (Å²) in [7, 11) is -1.18. The predicted octanol–water partition coefficient (Wildman–Crippen LogP) is 5.67. The Morgan fingerprint density at radius 2 is 1.43 bits per heavy atom. The normalized spacial score (nSPS) is 11.3. The van der Waals surface area contributed by atoms with E-state index in [4.69, 9.17) is 34.6 Å². The van der Waals surface area contributed by atoms with Crippen molar-refractivity contribution in [1.82, 2.24) is 9.97 Å². The summed E-state index contributed by atoms with van der Waals surface area (Å²) in [5.74, 6) is -0.348. The number of ketones is 1. The number of aromatic nitrogens is 2. The third-order valence-corrected chi connectivity index (χ3v) is 6.39. The molecule has 3 aromatic rings. The summed E-state index contributed by atoms with van der Waals surface area (Å²) in [5, 5.41) is -0.0809. The van der Waals surface area contributed by atoms with Crippen molar-refractivity contribution in [3.05, 3.63) is 82.5 Å². The number of phosphoric ester groups is 1. The highest BCUT2D eigenvalue weighted by Crippen LogP contribution is 2.51. The zero-order chi connectivity index (χ0) is 25.1. The molecule has 0 aliphatic rings. The van der Waals surface area contributed by atoms with Crippen LogP contribution in [0, 0.1) is 0 Å². The highest BCUT2D eigenvalue weighted by molar-refractivity contribution is 7.48. The standard InChI is InChI=1S/C24H26ClN2O7P/c1-30-23-21(22(25)26-24(27-23)31-2)20(28)14-9-15-32-35(29,33-16-18-10-5-3-6-11-18)34-17-19-12-7-4-8-13-19/h3-8,10-13H,9,14-17H2,1-2H3. The molecule has 0 amide bonds. The van der Waals surface area contributed by atoms with Gasteiger partial charge >= 0.3 is 13.8 Å². The Morgan fingerprint density at radius 1 is 0.857 bits per heavy atom. The maximum atomic E-state index is 13.3. The lowest BCUT2D eigenvalue weighted by atomic mass is 10.1. The van der Waals surface area contributed by atoms with Gasteiger partial charge in [-0.05, 0) is 17.5 Å². The van der Waals surface area contributed by atoms with Gasteiger partial charge in [0.2, 0.25) is 5.88 Å². The Labute approximate surface area is 208 Å². The van der Waals surface area contributed by atoms with E-state index in [1.54, 1.807) is 0 Å². The Hall–Kier alpha value is -2.81. The average Bonchev–Trinajstić information content (AvgIpc) is 2.89. The Bertz CT molecular complexity index is 1100. The predicted molar refractivity (Wildman–Crippen MR) is 130 cm³/mol. The van der Waals surface area contributed by atoms with Crippen LogP contribution in [0.3, 0.4) is 0 Å². The van der Waals surface area contributed by atoms with Gasteiger partial charge in [-0.15, -0.1) is 0 Å². The molecule has 0 aliphatic carbocycles. The fourth-order valence-electron chi connectivity index (χ4n) is 2.97. The quantitative estimate of drug-likeness (QED) is 0.115. The van der Waals surface area contributed by atoms with E-state index in [9.17, 15) is 9.36 Å². The SMILES string of the molecule is COc1nc(Cl)c(C(=O)CCCOP(=O)(OCc2ccccc2)OCc2ccccc2)c(OC)n1. The van der Waals surface area contributed by atoms with Gasteiger partial charge in [0.25, 0.3) is 0 Å². The van der Waals surface area contributed by atoms with Gasteiger partial charge in [0.15, 0.2) is 10.9 Å². The minimum atomic E-state index is -3.92. The van der Waals surface area contributed by atoms with Crippen molar-refractivity contribution in [2.45, 2.75) is 26.1 Å². The highest BCUT2D eigenvalue weighted by atomic mass is 35.5. The fourth-order valence-corrected chi connectivity index (χ4v) is 4.42. The minimum absolute atomic E-state index is 0.0100. The minimum Gasteiger partial charge on any atom is -0.480 e. The molecule has 2 aromatic carbocycles. The third kappa shape index (κ3) is 8.13. The van der Waals surface area contributed by atoms with Crippen LogP contribution >= 0.6 is 19.4 Å². The molecule has 0 saturated carbocycles. The van der Waals surface area contributed by atoms with E-state index in [0.29, 0.717) is 0 Å². The van der Waals surface area contributed by atoms with Gasteiger partial charge in [-0.2, -0.15) is 9.97 Å². The molecule has 186 valence electrons. The van der Waals surface area contributed by atoms with Crippen LogP contribution in [-0.4, -0.2) is 36.6 Å². The van der Waals surface area contributed by atoms with Crippen LogP contribution < -0.4 is 9.47 Å². The first-order chi connectivity index (χ1) is 16.9. The maximum absolute atomic E-state index is 13.3. The summed E-state index contributed by atoms with van der Waals surface area (Å²) in [6, 6.07) is 18.5. The van der Waals surface area contributed by atoms with Crippen molar-refractivity contribution in [2.75, 3.05) is 20.8 Å². The fraction of sp³-hybridized carbons (Fsp3) is 0.292. The zero-order valence-corrected chi connectivity index (χ0v) is 21.0. The van der Waals surface area contributed by atoms with Crippen LogP contribution in [0.25, 0.3) is 0 Å². The number of hydrogen-bond acceptors (Lipinski definition) is 9. The van der Waals surface area contributed by atoms with Gasteiger partial charge in [0.1, 0.15) is 5.56 Å². The zero-order valence-electron chi connectivity index (χ0n) is 19.4. The second-order valence-corrected chi connectivity index (χ2v) is 9.24. The van der Waals surface area contributed by atoms with Gasteiger partial charge in [0, 0.05) is 6.42 Å². The molecule has 0 saturated heterocycles. The van der Waals surface area contributed by atoms with E-state index in [-0.39, 0.29) is 61.1 Å². The molecule has 3 rings (SSSR count). The van der Waals surface area contributed by atoms with Crippen LogP contribution in [0.1, 0.15) is 34.3 Å². The van der Waals surface area contributed by atoms with Gasteiger partial charge in [0.05, 0.1) is 34.0 Å². The summed E-state index contributed by atoms with van der Waals surface area (Å²) in [4.78, 5) is 20.6. The van der Waals surface area contributed by atoms with E-state index in [1.807, 2.05) is 60.7 Å². The van der Waals surface area contributed by atoms with Crippen molar-refractivity contribution in [2.24, 2.45) is 0 Å². The van der Waals surface area contributed by atoms with E-state index >= 15 is 0 Å². The lowest BCUT2D eigenvalue weighted by Gasteiger charge is -2.18. The Kier molecular flexibility index (Phi) is 10.2. The lowest BCUT2D eigenvalue weighted by molar-refractivity contribution is 0.0911. The average molecular weight is 521 g/mol. The number of rotatable bonds is 14. The number of halogens is 1.